The Labute approximate surface area is 186 Å². The Hall–Kier alpha value is -3.21. The molecule has 0 atom stereocenters. The molecule has 0 bridgehead atoms. The minimum Gasteiger partial charge on any atom is -0.481 e. The van der Waals surface area contributed by atoms with Crippen LogP contribution in [0.25, 0.3) is 10.1 Å². The maximum Gasteiger partial charge on any atom is 0.267 e. The number of anilines is 2. The Morgan fingerprint density at radius 3 is 2.55 bits per heavy atom. The average Bonchev–Trinajstić information content (AvgIpc) is 3.11. The van der Waals surface area contributed by atoms with Gasteiger partial charge in [-0.2, -0.15) is 0 Å². The summed E-state index contributed by atoms with van der Waals surface area (Å²) in [5.41, 5.74) is 0.432. The van der Waals surface area contributed by atoms with E-state index in [1.807, 2.05) is 24.3 Å². The van der Waals surface area contributed by atoms with Gasteiger partial charge in [0.2, 0.25) is 5.88 Å². The average molecular weight is 475 g/mol. The SMILES string of the molecule is COc1cc(NS(=O)(=O)c2ccc(NC(=O)c3sc4ccccc4c3Cl)cc2)ncn1. The number of benzene rings is 2. The van der Waals surface area contributed by atoms with E-state index in [0.717, 1.165) is 10.1 Å². The third-order valence-corrected chi connectivity index (χ3v) is 7.30. The number of rotatable bonds is 6. The Morgan fingerprint density at radius 2 is 1.84 bits per heavy atom. The van der Waals surface area contributed by atoms with Gasteiger partial charge in [-0.25, -0.2) is 18.4 Å². The summed E-state index contributed by atoms with van der Waals surface area (Å²) in [6.07, 6.45) is 1.19. The molecular formula is C20H15ClN4O4S2. The molecule has 8 nitrogen and oxygen atoms in total. The van der Waals surface area contributed by atoms with Crippen LogP contribution in [-0.2, 0) is 10.0 Å². The third kappa shape index (κ3) is 4.46. The molecule has 2 aromatic heterocycles. The second-order valence-electron chi connectivity index (χ2n) is 6.27. The van der Waals surface area contributed by atoms with Crippen LogP contribution in [0.3, 0.4) is 0 Å². The van der Waals surface area contributed by atoms with E-state index in [4.69, 9.17) is 16.3 Å². The molecule has 2 aromatic carbocycles. The highest BCUT2D eigenvalue weighted by atomic mass is 35.5. The molecule has 11 heteroatoms. The summed E-state index contributed by atoms with van der Waals surface area (Å²) in [6, 6.07) is 14.6. The molecule has 1 amide bonds. The van der Waals surface area contributed by atoms with Crippen LogP contribution in [0.1, 0.15) is 9.67 Å². The van der Waals surface area contributed by atoms with E-state index in [1.165, 1.54) is 55.1 Å². The van der Waals surface area contributed by atoms with Crippen molar-refractivity contribution in [1.29, 1.82) is 0 Å². The van der Waals surface area contributed by atoms with E-state index in [1.54, 1.807) is 0 Å². The van der Waals surface area contributed by atoms with Crippen molar-refractivity contribution >= 4 is 60.5 Å². The van der Waals surface area contributed by atoms with Crippen LogP contribution in [0.5, 0.6) is 5.88 Å². The Bertz CT molecular complexity index is 1370. The lowest BCUT2D eigenvalue weighted by Crippen LogP contribution is -2.15. The van der Waals surface area contributed by atoms with Gasteiger partial charge in [0, 0.05) is 21.8 Å². The first-order chi connectivity index (χ1) is 14.9. The predicted molar refractivity (Wildman–Crippen MR) is 121 cm³/mol. The summed E-state index contributed by atoms with van der Waals surface area (Å²) in [4.78, 5) is 20.7. The number of methoxy groups -OCH3 is 1. The van der Waals surface area contributed by atoms with Crippen LogP contribution in [-0.4, -0.2) is 31.4 Å². The molecule has 158 valence electrons. The highest BCUT2D eigenvalue weighted by Crippen LogP contribution is 2.35. The smallest absolute Gasteiger partial charge is 0.267 e. The number of nitrogens with one attached hydrogen (secondary N) is 2. The molecule has 0 aliphatic carbocycles. The summed E-state index contributed by atoms with van der Waals surface area (Å²) in [5.74, 6) is -0.0673. The van der Waals surface area contributed by atoms with Gasteiger partial charge >= 0.3 is 0 Å². The number of carbonyl (C=O) groups is 1. The molecule has 0 unspecified atom stereocenters. The zero-order valence-corrected chi connectivity index (χ0v) is 18.4. The predicted octanol–water partition coefficient (Wildman–Crippen LogP) is 4.41. The number of ether oxygens (including phenoxy) is 1. The number of hydrogen-bond donors (Lipinski definition) is 2. The first kappa shape index (κ1) is 21.0. The summed E-state index contributed by atoms with van der Waals surface area (Å²) < 4.78 is 33.4. The normalized spacial score (nSPS) is 11.3. The minimum atomic E-state index is -3.89. The van der Waals surface area contributed by atoms with Crippen LogP contribution < -0.4 is 14.8 Å². The number of carbonyl (C=O) groups excluding carboxylic acids is 1. The van der Waals surface area contributed by atoms with Gasteiger partial charge in [0.1, 0.15) is 17.0 Å². The Morgan fingerprint density at radius 1 is 1.10 bits per heavy atom. The number of nitrogens with zero attached hydrogens (tertiary/aromatic N) is 2. The highest BCUT2D eigenvalue weighted by Gasteiger charge is 2.18. The van der Waals surface area contributed by atoms with Crippen molar-refractivity contribution in [2.45, 2.75) is 4.90 Å². The third-order valence-electron chi connectivity index (χ3n) is 4.25. The molecule has 0 aliphatic rings. The fourth-order valence-electron chi connectivity index (χ4n) is 2.77. The number of thiophene rings is 1. The number of amides is 1. The second-order valence-corrected chi connectivity index (χ2v) is 9.38. The van der Waals surface area contributed by atoms with Crippen LogP contribution in [0.2, 0.25) is 5.02 Å². The largest absolute Gasteiger partial charge is 0.481 e. The molecule has 2 N–H and O–H groups in total. The summed E-state index contributed by atoms with van der Waals surface area (Å²) in [7, 11) is -2.47. The first-order valence-electron chi connectivity index (χ1n) is 8.84. The van der Waals surface area contributed by atoms with Gasteiger partial charge in [-0.05, 0) is 30.3 Å². The van der Waals surface area contributed by atoms with Crippen molar-refractivity contribution in [2.75, 3.05) is 17.1 Å². The van der Waals surface area contributed by atoms with Gasteiger partial charge in [-0.15, -0.1) is 11.3 Å². The van der Waals surface area contributed by atoms with E-state index < -0.39 is 10.0 Å². The van der Waals surface area contributed by atoms with Crippen molar-refractivity contribution in [2.24, 2.45) is 0 Å². The van der Waals surface area contributed by atoms with Gasteiger partial charge in [0.25, 0.3) is 15.9 Å². The molecule has 4 aromatic rings. The molecule has 0 fully saturated rings. The van der Waals surface area contributed by atoms with Gasteiger partial charge in [-0.3, -0.25) is 9.52 Å². The lowest BCUT2D eigenvalue weighted by Gasteiger charge is -2.09. The van der Waals surface area contributed by atoms with Gasteiger partial charge in [-0.1, -0.05) is 29.8 Å². The van der Waals surface area contributed by atoms with E-state index in [2.05, 4.69) is 20.0 Å². The van der Waals surface area contributed by atoms with Crippen LogP contribution in [0.15, 0.2) is 65.8 Å². The van der Waals surface area contributed by atoms with E-state index in [0.29, 0.717) is 15.6 Å². The molecular weight excluding hydrogens is 460 g/mol. The highest BCUT2D eigenvalue weighted by molar-refractivity contribution is 7.92. The van der Waals surface area contributed by atoms with E-state index >= 15 is 0 Å². The molecule has 2 heterocycles. The van der Waals surface area contributed by atoms with Crippen LogP contribution in [0.4, 0.5) is 11.5 Å². The van der Waals surface area contributed by atoms with Crippen molar-refractivity contribution < 1.29 is 17.9 Å². The number of halogens is 1. The number of fused-ring (bicyclic) bond motifs is 1. The standard InChI is InChI=1S/C20H15ClN4O4S2/c1-29-17-10-16(22-11-23-17)25-31(27,28)13-8-6-12(7-9-13)24-20(26)19-18(21)14-4-2-3-5-15(14)30-19/h2-11H,1H3,(H,24,26)(H,22,23,25). The molecule has 31 heavy (non-hydrogen) atoms. The monoisotopic (exact) mass is 474 g/mol. The lowest BCUT2D eigenvalue weighted by molar-refractivity contribution is 0.103. The van der Waals surface area contributed by atoms with Crippen molar-refractivity contribution in [3.63, 3.8) is 0 Å². The summed E-state index contributed by atoms with van der Waals surface area (Å²) >= 11 is 7.64. The van der Waals surface area contributed by atoms with E-state index in [9.17, 15) is 13.2 Å². The van der Waals surface area contributed by atoms with Gasteiger partial charge in [0.15, 0.2) is 0 Å². The topological polar surface area (TPSA) is 110 Å². The fourth-order valence-corrected chi connectivity index (χ4v) is 5.18. The van der Waals surface area contributed by atoms with Crippen molar-refractivity contribution in [1.82, 2.24) is 9.97 Å². The number of aromatic nitrogens is 2. The van der Waals surface area contributed by atoms with Crippen molar-refractivity contribution in [3.8, 4) is 5.88 Å². The van der Waals surface area contributed by atoms with Gasteiger partial charge < -0.3 is 10.1 Å². The molecule has 0 saturated carbocycles. The Kier molecular flexibility index (Phi) is 5.77. The second kappa shape index (κ2) is 8.50. The molecule has 4 rings (SSSR count). The number of sulfonamides is 1. The maximum absolute atomic E-state index is 12.6. The van der Waals surface area contributed by atoms with Gasteiger partial charge in [0.05, 0.1) is 17.0 Å². The molecule has 0 aliphatic heterocycles. The van der Waals surface area contributed by atoms with Crippen molar-refractivity contribution in [3.05, 3.63) is 70.8 Å². The number of hydrogen-bond acceptors (Lipinski definition) is 7. The fraction of sp³-hybridized carbons (Fsp3) is 0.0500. The molecule has 0 radical (unpaired) electrons. The zero-order chi connectivity index (χ0) is 22.0. The minimum absolute atomic E-state index is 0.00275. The zero-order valence-electron chi connectivity index (χ0n) is 16.0. The van der Waals surface area contributed by atoms with Crippen LogP contribution >= 0.6 is 22.9 Å². The molecule has 0 saturated heterocycles. The lowest BCUT2D eigenvalue weighted by atomic mass is 10.2. The maximum atomic E-state index is 12.6. The summed E-state index contributed by atoms with van der Waals surface area (Å²) in [5, 5.41) is 3.94. The summed E-state index contributed by atoms with van der Waals surface area (Å²) in [6.45, 7) is 0. The van der Waals surface area contributed by atoms with Crippen LogP contribution in [0, 0.1) is 0 Å². The quantitative estimate of drug-likeness (QED) is 0.428. The van der Waals surface area contributed by atoms with E-state index in [-0.39, 0.29) is 22.5 Å². The first-order valence-corrected chi connectivity index (χ1v) is 11.5. The molecule has 0 spiro atoms. The Balaban J connectivity index is 1.50.